The van der Waals surface area contributed by atoms with Crippen molar-refractivity contribution in [2.24, 2.45) is 11.5 Å². The predicted octanol–water partition coefficient (Wildman–Crippen LogP) is 1.24. The van der Waals surface area contributed by atoms with Crippen LogP contribution in [0.15, 0.2) is 24.5 Å². The van der Waals surface area contributed by atoms with Gasteiger partial charge in [0.25, 0.3) is 0 Å². The Morgan fingerprint density at radius 3 is 2.46 bits per heavy atom. The fourth-order valence-electron chi connectivity index (χ4n) is 1.12. The number of aromatic nitrogens is 1. The molecule has 1 rings (SSSR count). The average Bonchev–Trinajstić information content (AvgIpc) is 2.15. The quantitative estimate of drug-likeness (QED) is 0.771. The van der Waals surface area contributed by atoms with E-state index in [4.69, 9.17) is 11.5 Å². The van der Waals surface area contributed by atoms with E-state index in [1.54, 1.807) is 12.4 Å². The average molecular weight is 202 g/mol. The highest BCUT2D eigenvalue weighted by molar-refractivity contribution is 5.85. The van der Waals surface area contributed by atoms with Crippen LogP contribution in [-0.2, 0) is 0 Å². The molecule has 0 fully saturated rings. The van der Waals surface area contributed by atoms with Crippen molar-refractivity contribution in [2.75, 3.05) is 6.54 Å². The Labute approximate surface area is 84.9 Å². The molecule has 0 aliphatic carbocycles. The molecule has 0 saturated heterocycles. The zero-order chi connectivity index (χ0) is 8.81. The van der Waals surface area contributed by atoms with E-state index in [1.807, 2.05) is 12.1 Å². The molecule has 0 bridgehead atoms. The summed E-state index contributed by atoms with van der Waals surface area (Å²) in [7, 11) is 0. The van der Waals surface area contributed by atoms with Crippen LogP contribution in [0.2, 0.25) is 0 Å². The molecule has 0 saturated carbocycles. The third-order valence-corrected chi connectivity index (χ3v) is 1.85. The maximum Gasteiger partial charge on any atom is 0.0296 e. The molecule has 0 aromatic carbocycles. The summed E-state index contributed by atoms with van der Waals surface area (Å²) in [5.41, 5.74) is 12.4. The summed E-state index contributed by atoms with van der Waals surface area (Å²) in [6.45, 7) is 0.707. The number of rotatable bonds is 4. The number of hydrogen-bond acceptors (Lipinski definition) is 3. The van der Waals surface area contributed by atoms with Gasteiger partial charge in [-0.3, -0.25) is 4.98 Å². The molecule has 1 aromatic heterocycles. The van der Waals surface area contributed by atoms with Crippen molar-refractivity contribution in [2.45, 2.75) is 18.9 Å². The maximum absolute atomic E-state index is 5.90. The minimum Gasteiger partial charge on any atom is -0.330 e. The highest BCUT2D eigenvalue weighted by Gasteiger charge is 2.03. The second kappa shape index (κ2) is 6.83. The number of nitrogens with two attached hydrogens (primary N) is 2. The van der Waals surface area contributed by atoms with E-state index in [2.05, 4.69) is 4.98 Å². The molecule has 1 heterocycles. The van der Waals surface area contributed by atoms with Crippen molar-refractivity contribution in [3.8, 4) is 0 Å². The first-order valence-corrected chi connectivity index (χ1v) is 4.20. The highest BCUT2D eigenvalue weighted by Crippen LogP contribution is 2.13. The van der Waals surface area contributed by atoms with Gasteiger partial charge in [0.15, 0.2) is 0 Å². The molecule has 0 amide bonds. The molecule has 13 heavy (non-hydrogen) atoms. The van der Waals surface area contributed by atoms with Crippen LogP contribution in [0.25, 0.3) is 0 Å². The Bertz CT molecular complexity index is 215. The van der Waals surface area contributed by atoms with E-state index >= 15 is 0 Å². The van der Waals surface area contributed by atoms with Crippen LogP contribution in [-0.4, -0.2) is 11.5 Å². The number of halogens is 1. The Balaban J connectivity index is 0.00000144. The van der Waals surface area contributed by atoms with Gasteiger partial charge in [0.1, 0.15) is 0 Å². The predicted molar refractivity (Wildman–Crippen MR) is 56.7 cm³/mol. The maximum atomic E-state index is 5.90. The zero-order valence-electron chi connectivity index (χ0n) is 7.52. The number of pyridine rings is 1. The molecule has 0 radical (unpaired) electrons. The van der Waals surface area contributed by atoms with Crippen LogP contribution >= 0.6 is 12.4 Å². The second-order valence-electron chi connectivity index (χ2n) is 2.82. The summed E-state index contributed by atoms with van der Waals surface area (Å²) in [6.07, 6.45) is 5.44. The van der Waals surface area contributed by atoms with Gasteiger partial charge in [0, 0.05) is 18.4 Å². The Kier molecular flexibility index (Phi) is 6.49. The first kappa shape index (κ1) is 12.4. The van der Waals surface area contributed by atoms with Crippen LogP contribution in [0.4, 0.5) is 0 Å². The lowest BCUT2D eigenvalue weighted by Crippen LogP contribution is -2.12. The Hall–Kier alpha value is -0.640. The smallest absolute Gasteiger partial charge is 0.0296 e. The molecule has 1 atom stereocenters. The summed E-state index contributed by atoms with van der Waals surface area (Å²) in [5, 5.41) is 0. The van der Waals surface area contributed by atoms with E-state index < -0.39 is 0 Å². The molecule has 0 unspecified atom stereocenters. The third-order valence-electron chi connectivity index (χ3n) is 1.85. The third kappa shape index (κ3) is 4.22. The van der Waals surface area contributed by atoms with E-state index in [0.29, 0.717) is 6.54 Å². The second-order valence-corrected chi connectivity index (χ2v) is 2.82. The van der Waals surface area contributed by atoms with Crippen LogP contribution in [0.1, 0.15) is 24.4 Å². The molecule has 1 aromatic rings. The van der Waals surface area contributed by atoms with Crippen LogP contribution in [0, 0.1) is 0 Å². The number of hydrogen-bond donors (Lipinski definition) is 2. The van der Waals surface area contributed by atoms with E-state index in [0.717, 1.165) is 18.4 Å². The van der Waals surface area contributed by atoms with Crippen molar-refractivity contribution in [1.82, 2.24) is 4.98 Å². The van der Waals surface area contributed by atoms with Gasteiger partial charge < -0.3 is 11.5 Å². The van der Waals surface area contributed by atoms with Gasteiger partial charge in [0.05, 0.1) is 0 Å². The van der Waals surface area contributed by atoms with Crippen molar-refractivity contribution < 1.29 is 0 Å². The first-order chi connectivity index (χ1) is 5.84. The first-order valence-electron chi connectivity index (χ1n) is 4.20. The molecule has 0 spiro atoms. The molecular weight excluding hydrogens is 186 g/mol. The van der Waals surface area contributed by atoms with Gasteiger partial charge in [0.2, 0.25) is 0 Å². The fraction of sp³-hybridized carbons (Fsp3) is 0.444. The van der Waals surface area contributed by atoms with E-state index in [9.17, 15) is 0 Å². The van der Waals surface area contributed by atoms with Gasteiger partial charge >= 0.3 is 0 Å². The summed E-state index contributed by atoms with van der Waals surface area (Å²) < 4.78 is 0. The van der Waals surface area contributed by atoms with Crippen LogP contribution in [0.5, 0.6) is 0 Å². The molecule has 4 heteroatoms. The van der Waals surface area contributed by atoms with Gasteiger partial charge in [-0.05, 0) is 37.1 Å². The SMILES string of the molecule is Cl.NCCC[C@@H](N)c1ccncc1. The zero-order valence-corrected chi connectivity index (χ0v) is 8.33. The largest absolute Gasteiger partial charge is 0.330 e. The van der Waals surface area contributed by atoms with Gasteiger partial charge in [-0.2, -0.15) is 0 Å². The van der Waals surface area contributed by atoms with Gasteiger partial charge in [-0.1, -0.05) is 0 Å². The van der Waals surface area contributed by atoms with Gasteiger partial charge in [-0.25, -0.2) is 0 Å². The molecule has 3 nitrogen and oxygen atoms in total. The summed E-state index contributed by atoms with van der Waals surface area (Å²) in [5.74, 6) is 0. The summed E-state index contributed by atoms with van der Waals surface area (Å²) >= 11 is 0. The van der Waals surface area contributed by atoms with Crippen molar-refractivity contribution >= 4 is 12.4 Å². The molecule has 4 N–H and O–H groups in total. The molecular formula is C9H16ClN3. The lowest BCUT2D eigenvalue weighted by molar-refractivity contribution is 0.617. The van der Waals surface area contributed by atoms with Crippen molar-refractivity contribution in [3.63, 3.8) is 0 Å². The van der Waals surface area contributed by atoms with E-state index in [-0.39, 0.29) is 18.4 Å². The van der Waals surface area contributed by atoms with E-state index in [1.165, 1.54) is 0 Å². The summed E-state index contributed by atoms with van der Waals surface area (Å²) in [4.78, 5) is 3.93. The van der Waals surface area contributed by atoms with Crippen LogP contribution in [0.3, 0.4) is 0 Å². The summed E-state index contributed by atoms with van der Waals surface area (Å²) in [6, 6.07) is 4.00. The topological polar surface area (TPSA) is 64.9 Å². The molecule has 0 aliphatic rings. The Morgan fingerprint density at radius 2 is 1.92 bits per heavy atom. The lowest BCUT2D eigenvalue weighted by Gasteiger charge is -2.09. The van der Waals surface area contributed by atoms with Crippen LogP contribution < -0.4 is 11.5 Å². The lowest BCUT2D eigenvalue weighted by atomic mass is 10.0. The monoisotopic (exact) mass is 201 g/mol. The number of nitrogens with zero attached hydrogens (tertiary/aromatic N) is 1. The molecule has 74 valence electrons. The van der Waals surface area contributed by atoms with Crippen molar-refractivity contribution in [3.05, 3.63) is 30.1 Å². The minimum atomic E-state index is 0. The minimum absolute atomic E-state index is 0. The Morgan fingerprint density at radius 1 is 1.31 bits per heavy atom. The fourth-order valence-corrected chi connectivity index (χ4v) is 1.12. The van der Waals surface area contributed by atoms with Crippen molar-refractivity contribution in [1.29, 1.82) is 0 Å². The molecule has 0 aliphatic heterocycles. The van der Waals surface area contributed by atoms with Gasteiger partial charge in [-0.15, -0.1) is 12.4 Å². The normalized spacial score (nSPS) is 11.8. The highest BCUT2D eigenvalue weighted by atomic mass is 35.5. The standard InChI is InChI=1S/C9H15N3.ClH/c10-5-1-2-9(11)8-3-6-12-7-4-8;/h3-4,6-7,9H,1-2,5,10-11H2;1H/t9-;/m1./s1.